The van der Waals surface area contributed by atoms with Gasteiger partial charge in [-0.3, -0.25) is 4.90 Å². The topological polar surface area (TPSA) is 23.5 Å². The molecule has 0 saturated carbocycles. The van der Waals surface area contributed by atoms with Gasteiger partial charge in [0, 0.05) is 23.1 Å². The summed E-state index contributed by atoms with van der Waals surface area (Å²) in [6.07, 6.45) is -1.82. The third-order valence-electron chi connectivity index (χ3n) is 2.45. The predicted octanol–water partition coefficient (Wildman–Crippen LogP) is 2.23. The van der Waals surface area contributed by atoms with Crippen LogP contribution in [0.3, 0.4) is 0 Å². The summed E-state index contributed by atoms with van der Waals surface area (Å²) in [5.41, 5.74) is 0.432. The number of alkyl halides is 1. The Bertz CT molecular complexity index is 368. The molecule has 1 fully saturated rings. The highest BCUT2D eigenvalue weighted by Gasteiger charge is 2.32. The standard InChI is InChI=1S/C10H10BrF2NO/c11-9-2-1-6(12)3-8(9)10(15)14-4-7(13)5-14/h1-3,7,10,15H,4-5H2. The highest BCUT2D eigenvalue weighted by atomic mass is 79.9. The van der Waals surface area contributed by atoms with Crippen molar-refractivity contribution in [2.24, 2.45) is 0 Å². The van der Waals surface area contributed by atoms with Crippen molar-refractivity contribution >= 4 is 15.9 Å². The number of aliphatic hydroxyl groups excluding tert-OH is 1. The molecular weight excluding hydrogens is 268 g/mol. The first-order chi connectivity index (χ1) is 7.08. The maximum absolute atomic E-state index is 12.9. The number of hydrogen-bond acceptors (Lipinski definition) is 2. The Labute approximate surface area is 94.6 Å². The number of hydrogen-bond donors (Lipinski definition) is 1. The van der Waals surface area contributed by atoms with E-state index >= 15 is 0 Å². The maximum Gasteiger partial charge on any atom is 0.134 e. The molecular formula is C10H10BrF2NO. The Hall–Kier alpha value is -0.520. The van der Waals surface area contributed by atoms with Crippen molar-refractivity contribution in [3.05, 3.63) is 34.1 Å². The lowest BCUT2D eigenvalue weighted by molar-refractivity contribution is -0.0760. The fourth-order valence-electron chi connectivity index (χ4n) is 1.56. The van der Waals surface area contributed by atoms with Crippen LogP contribution in [0.4, 0.5) is 8.78 Å². The Morgan fingerprint density at radius 3 is 2.73 bits per heavy atom. The van der Waals surface area contributed by atoms with Gasteiger partial charge in [-0.2, -0.15) is 0 Å². The van der Waals surface area contributed by atoms with Gasteiger partial charge in [0.15, 0.2) is 0 Å². The summed E-state index contributed by atoms with van der Waals surface area (Å²) in [7, 11) is 0. The van der Waals surface area contributed by atoms with Crippen LogP contribution in [-0.2, 0) is 0 Å². The van der Waals surface area contributed by atoms with E-state index in [4.69, 9.17) is 0 Å². The van der Waals surface area contributed by atoms with Gasteiger partial charge in [0.1, 0.15) is 18.2 Å². The monoisotopic (exact) mass is 277 g/mol. The molecule has 1 atom stereocenters. The van der Waals surface area contributed by atoms with Crippen LogP contribution < -0.4 is 0 Å². The SMILES string of the molecule is OC(c1cc(F)ccc1Br)N1CC(F)C1. The molecule has 0 amide bonds. The van der Waals surface area contributed by atoms with Gasteiger partial charge in [-0.15, -0.1) is 0 Å². The smallest absolute Gasteiger partial charge is 0.134 e. The molecule has 82 valence electrons. The van der Waals surface area contributed by atoms with Gasteiger partial charge >= 0.3 is 0 Å². The van der Waals surface area contributed by atoms with Crippen LogP contribution in [0, 0.1) is 5.82 Å². The molecule has 0 aliphatic carbocycles. The fourth-order valence-corrected chi connectivity index (χ4v) is 2.02. The first kappa shape index (κ1) is 11.0. The second kappa shape index (κ2) is 4.15. The molecule has 1 saturated heterocycles. The van der Waals surface area contributed by atoms with E-state index in [-0.39, 0.29) is 13.1 Å². The number of rotatable bonds is 2. The molecule has 0 radical (unpaired) electrons. The minimum Gasteiger partial charge on any atom is -0.374 e. The van der Waals surface area contributed by atoms with E-state index in [0.717, 1.165) is 0 Å². The van der Waals surface area contributed by atoms with Crippen LogP contribution >= 0.6 is 15.9 Å². The average Bonchev–Trinajstić information content (AvgIpc) is 2.16. The fraction of sp³-hybridized carbons (Fsp3) is 0.400. The van der Waals surface area contributed by atoms with Crippen molar-refractivity contribution in [2.45, 2.75) is 12.4 Å². The second-order valence-electron chi connectivity index (χ2n) is 3.59. The molecule has 0 spiro atoms. The van der Waals surface area contributed by atoms with Crippen LogP contribution in [0.1, 0.15) is 11.8 Å². The summed E-state index contributed by atoms with van der Waals surface area (Å²) < 4.78 is 26.2. The first-order valence-corrected chi connectivity index (χ1v) is 5.38. The molecule has 15 heavy (non-hydrogen) atoms. The quantitative estimate of drug-likeness (QED) is 0.896. The summed E-state index contributed by atoms with van der Waals surface area (Å²) in [4.78, 5) is 1.55. The molecule has 1 N–H and O–H groups in total. The summed E-state index contributed by atoms with van der Waals surface area (Å²) in [5.74, 6) is -0.412. The van der Waals surface area contributed by atoms with Crippen LogP contribution in [0.5, 0.6) is 0 Å². The minimum absolute atomic E-state index is 0.199. The lowest BCUT2D eigenvalue weighted by atomic mass is 10.1. The van der Waals surface area contributed by atoms with Crippen molar-refractivity contribution in [1.29, 1.82) is 0 Å². The second-order valence-corrected chi connectivity index (χ2v) is 4.45. The van der Waals surface area contributed by atoms with Crippen molar-refractivity contribution < 1.29 is 13.9 Å². The third kappa shape index (κ3) is 2.19. The van der Waals surface area contributed by atoms with Crippen molar-refractivity contribution in [3.63, 3.8) is 0 Å². The van der Waals surface area contributed by atoms with Gasteiger partial charge in [-0.05, 0) is 18.2 Å². The lowest BCUT2D eigenvalue weighted by Crippen LogP contribution is -2.50. The third-order valence-corrected chi connectivity index (χ3v) is 3.17. The average molecular weight is 278 g/mol. The zero-order valence-corrected chi connectivity index (χ0v) is 9.42. The van der Waals surface area contributed by atoms with E-state index in [0.29, 0.717) is 10.0 Å². The van der Waals surface area contributed by atoms with E-state index < -0.39 is 18.2 Å². The highest BCUT2D eigenvalue weighted by Crippen LogP contribution is 2.30. The zero-order chi connectivity index (χ0) is 11.0. The molecule has 1 unspecified atom stereocenters. The Balaban J connectivity index is 2.17. The summed E-state index contributed by atoms with van der Waals surface area (Å²) in [5, 5.41) is 9.83. The van der Waals surface area contributed by atoms with Crippen LogP contribution in [0.25, 0.3) is 0 Å². The van der Waals surface area contributed by atoms with Gasteiger partial charge in [0.25, 0.3) is 0 Å². The zero-order valence-electron chi connectivity index (χ0n) is 7.83. The molecule has 1 aromatic rings. The number of nitrogens with zero attached hydrogens (tertiary/aromatic N) is 1. The van der Waals surface area contributed by atoms with Gasteiger partial charge in [-0.1, -0.05) is 15.9 Å². The van der Waals surface area contributed by atoms with Crippen LogP contribution in [0.2, 0.25) is 0 Å². The Kier molecular flexibility index (Phi) is 3.04. The molecule has 1 aromatic carbocycles. The maximum atomic E-state index is 12.9. The number of aliphatic hydroxyl groups is 1. The summed E-state index contributed by atoms with van der Waals surface area (Å²) in [6.45, 7) is 0.397. The number of halogens is 3. The highest BCUT2D eigenvalue weighted by molar-refractivity contribution is 9.10. The van der Waals surface area contributed by atoms with Gasteiger partial charge in [0.2, 0.25) is 0 Å². The molecule has 1 aliphatic rings. The van der Waals surface area contributed by atoms with E-state index in [1.54, 1.807) is 4.90 Å². The summed E-state index contributed by atoms with van der Waals surface area (Å²) >= 11 is 3.22. The van der Waals surface area contributed by atoms with Gasteiger partial charge in [-0.25, -0.2) is 8.78 Å². The normalized spacial score (nSPS) is 20.0. The van der Waals surface area contributed by atoms with Crippen LogP contribution in [-0.4, -0.2) is 29.3 Å². The predicted molar refractivity (Wildman–Crippen MR) is 55.5 cm³/mol. The van der Waals surface area contributed by atoms with E-state index in [1.165, 1.54) is 18.2 Å². The Morgan fingerprint density at radius 1 is 1.47 bits per heavy atom. The van der Waals surface area contributed by atoms with E-state index in [1.807, 2.05) is 0 Å². The van der Waals surface area contributed by atoms with E-state index in [2.05, 4.69) is 15.9 Å². The van der Waals surface area contributed by atoms with Crippen molar-refractivity contribution in [2.75, 3.05) is 13.1 Å². The first-order valence-electron chi connectivity index (χ1n) is 4.59. The minimum atomic E-state index is -0.943. The van der Waals surface area contributed by atoms with Crippen molar-refractivity contribution in [1.82, 2.24) is 4.90 Å². The molecule has 1 aliphatic heterocycles. The van der Waals surface area contributed by atoms with E-state index in [9.17, 15) is 13.9 Å². The molecule has 2 nitrogen and oxygen atoms in total. The molecule has 5 heteroatoms. The summed E-state index contributed by atoms with van der Waals surface area (Å²) in [6, 6.07) is 4.08. The lowest BCUT2D eigenvalue weighted by Gasteiger charge is -2.38. The largest absolute Gasteiger partial charge is 0.374 e. The van der Waals surface area contributed by atoms with Crippen molar-refractivity contribution in [3.8, 4) is 0 Å². The Morgan fingerprint density at radius 2 is 2.13 bits per heavy atom. The number of benzene rings is 1. The molecule has 2 rings (SSSR count). The molecule has 1 heterocycles. The van der Waals surface area contributed by atoms with Gasteiger partial charge < -0.3 is 5.11 Å². The van der Waals surface area contributed by atoms with Gasteiger partial charge in [0.05, 0.1) is 0 Å². The molecule has 0 aromatic heterocycles. The van der Waals surface area contributed by atoms with Crippen LogP contribution in [0.15, 0.2) is 22.7 Å². The number of likely N-dealkylation sites (tertiary alicyclic amines) is 1. The molecule has 0 bridgehead atoms.